The fourth-order valence-corrected chi connectivity index (χ4v) is 4.11. The number of aryl methyl sites for hydroxylation is 2. The molecule has 31 heavy (non-hydrogen) atoms. The van der Waals surface area contributed by atoms with Gasteiger partial charge in [-0.1, -0.05) is 23.8 Å². The Morgan fingerprint density at radius 2 is 1.74 bits per heavy atom. The van der Waals surface area contributed by atoms with Crippen molar-refractivity contribution in [1.82, 2.24) is 15.6 Å². The molecule has 3 aromatic rings. The molecule has 1 aromatic heterocycles. The van der Waals surface area contributed by atoms with Gasteiger partial charge in [-0.2, -0.15) is 0 Å². The predicted molar refractivity (Wildman–Crippen MR) is 119 cm³/mol. The maximum absolute atomic E-state index is 13.1. The van der Waals surface area contributed by atoms with Gasteiger partial charge in [0.05, 0.1) is 17.5 Å². The standard InChI is InChI=1S/C25H26FN3O2/c1-16-6-11-22-20(14-16)24(19-4-2-3-5-21(19)29-22)25(31)28-13-12-27-23(30)15-17-7-9-18(26)10-8-17/h6-11,14H,2-5,12-13,15H2,1H3,(H,27,30)(H,28,31). The van der Waals surface area contributed by atoms with Crippen LogP contribution < -0.4 is 10.6 Å². The highest BCUT2D eigenvalue weighted by Crippen LogP contribution is 2.29. The van der Waals surface area contributed by atoms with E-state index in [1.54, 1.807) is 12.1 Å². The molecule has 0 atom stereocenters. The summed E-state index contributed by atoms with van der Waals surface area (Å²) >= 11 is 0. The minimum absolute atomic E-state index is 0.121. The number of benzene rings is 2. The highest BCUT2D eigenvalue weighted by molar-refractivity contribution is 6.08. The number of pyridine rings is 1. The zero-order chi connectivity index (χ0) is 21.8. The number of rotatable bonds is 6. The summed E-state index contributed by atoms with van der Waals surface area (Å²) in [6.07, 6.45) is 4.10. The number of amides is 2. The van der Waals surface area contributed by atoms with E-state index in [1.165, 1.54) is 12.1 Å². The monoisotopic (exact) mass is 419 g/mol. The van der Waals surface area contributed by atoms with Gasteiger partial charge < -0.3 is 10.6 Å². The normalized spacial score (nSPS) is 13.0. The van der Waals surface area contributed by atoms with Crippen molar-refractivity contribution in [3.8, 4) is 0 Å². The molecule has 2 amide bonds. The topological polar surface area (TPSA) is 71.1 Å². The lowest BCUT2D eigenvalue weighted by atomic mass is 9.89. The molecule has 0 spiro atoms. The third-order valence-corrected chi connectivity index (χ3v) is 5.66. The number of halogens is 1. The summed E-state index contributed by atoms with van der Waals surface area (Å²) in [7, 11) is 0. The molecule has 0 aliphatic heterocycles. The van der Waals surface area contributed by atoms with Crippen molar-refractivity contribution in [3.05, 3.63) is 76.2 Å². The largest absolute Gasteiger partial charge is 0.354 e. The average molecular weight is 420 g/mol. The fourth-order valence-electron chi connectivity index (χ4n) is 4.11. The first-order valence-electron chi connectivity index (χ1n) is 10.7. The molecular formula is C25H26FN3O2. The van der Waals surface area contributed by atoms with Crippen LogP contribution in [0.2, 0.25) is 0 Å². The van der Waals surface area contributed by atoms with Crippen LogP contribution in [0.25, 0.3) is 10.9 Å². The van der Waals surface area contributed by atoms with Gasteiger partial charge >= 0.3 is 0 Å². The lowest BCUT2D eigenvalue weighted by Crippen LogP contribution is -2.36. The summed E-state index contributed by atoms with van der Waals surface area (Å²) in [5.41, 5.74) is 5.49. The molecule has 0 bridgehead atoms. The van der Waals surface area contributed by atoms with E-state index in [4.69, 9.17) is 4.98 Å². The summed E-state index contributed by atoms with van der Waals surface area (Å²) in [6, 6.07) is 11.9. The Morgan fingerprint density at radius 3 is 2.55 bits per heavy atom. The lowest BCUT2D eigenvalue weighted by molar-refractivity contribution is -0.120. The average Bonchev–Trinajstić information content (AvgIpc) is 2.76. The lowest BCUT2D eigenvalue weighted by Gasteiger charge is -2.20. The van der Waals surface area contributed by atoms with E-state index in [0.717, 1.165) is 64.5 Å². The molecule has 0 fully saturated rings. The molecule has 0 saturated carbocycles. The van der Waals surface area contributed by atoms with Gasteiger partial charge in [-0.15, -0.1) is 0 Å². The van der Waals surface area contributed by atoms with Gasteiger partial charge in [0.25, 0.3) is 5.91 Å². The zero-order valence-corrected chi connectivity index (χ0v) is 17.6. The number of nitrogens with zero attached hydrogens (tertiary/aromatic N) is 1. The minimum Gasteiger partial charge on any atom is -0.354 e. The van der Waals surface area contributed by atoms with E-state index < -0.39 is 0 Å². The Balaban J connectivity index is 1.41. The summed E-state index contributed by atoms with van der Waals surface area (Å²) < 4.78 is 13.0. The third kappa shape index (κ3) is 4.90. The maximum Gasteiger partial charge on any atom is 0.252 e. The van der Waals surface area contributed by atoms with Crippen molar-refractivity contribution in [2.45, 2.75) is 39.0 Å². The molecule has 1 aliphatic rings. The van der Waals surface area contributed by atoms with E-state index >= 15 is 0 Å². The molecule has 2 aromatic carbocycles. The van der Waals surface area contributed by atoms with Crippen LogP contribution in [0.15, 0.2) is 42.5 Å². The van der Waals surface area contributed by atoms with Crippen LogP contribution in [0, 0.1) is 12.7 Å². The zero-order valence-electron chi connectivity index (χ0n) is 17.6. The van der Waals surface area contributed by atoms with E-state index in [9.17, 15) is 14.0 Å². The molecular weight excluding hydrogens is 393 g/mol. The number of carbonyl (C=O) groups excluding carboxylic acids is 2. The molecule has 160 valence electrons. The fraction of sp³-hybridized carbons (Fsp3) is 0.320. The van der Waals surface area contributed by atoms with Crippen LogP contribution in [0.1, 0.15) is 45.6 Å². The van der Waals surface area contributed by atoms with Gasteiger partial charge in [0, 0.05) is 24.2 Å². The van der Waals surface area contributed by atoms with Crippen LogP contribution >= 0.6 is 0 Å². The van der Waals surface area contributed by atoms with Crippen molar-refractivity contribution in [2.24, 2.45) is 0 Å². The van der Waals surface area contributed by atoms with Crippen molar-refractivity contribution < 1.29 is 14.0 Å². The van der Waals surface area contributed by atoms with Crippen molar-refractivity contribution >= 4 is 22.7 Å². The van der Waals surface area contributed by atoms with Gasteiger partial charge in [-0.05, 0) is 68.0 Å². The van der Waals surface area contributed by atoms with Gasteiger partial charge in [0.15, 0.2) is 0 Å². The molecule has 5 nitrogen and oxygen atoms in total. The number of carbonyl (C=O) groups is 2. The second kappa shape index (κ2) is 9.25. The first-order chi connectivity index (χ1) is 15.0. The van der Waals surface area contributed by atoms with Crippen LogP contribution in [0.4, 0.5) is 4.39 Å². The number of hydrogen-bond acceptors (Lipinski definition) is 3. The highest BCUT2D eigenvalue weighted by Gasteiger charge is 2.22. The third-order valence-electron chi connectivity index (χ3n) is 5.66. The van der Waals surface area contributed by atoms with Gasteiger partial charge in [-0.25, -0.2) is 4.39 Å². The quantitative estimate of drug-likeness (QED) is 0.599. The Bertz CT molecular complexity index is 1130. The molecule has 1 heterocycles. The van der Waals surface area contributed by atoms with Crippen LogP contribution in [-0.2, 0) is 24.1 Å². The SMILES string of the molecule is Cc1ccc2nc3c(c(C(=O)NCCNC(=O)Cc4ccc(F)cc4)c2c1)CCCC3. The summed E-state index contributed by atoms with van der Waals surface area (Å²) in [4.78, 5) is 30.0. The van der Waals surface area contributed by atoms with Gasteiger partial charge in [0.2, 0.25) is 5.91 Å². The molecule has 0 radical (unpaired) electrons. The van der Waals surface area contributed by atoms with Gasteiger partial charge in [0.1, 0.15) is 5.82 Å². The molecule has 0 unspecified atom stereocenters. The number of aromatic nitrogens is 1. The van der Waals surface area contributed by atoms with E-state index in [2.05, 4.69) is 10.6 Å². The van der Waals surface area contributed by atoms with Crippen molar-refractivity contribution in [3.63, 3.8) is 0 Å². The minimum atomic E-state index is -0.326. The van der Waals surface area contributed by atoms with Crippen LogP contribution in [0.3, 0.4) is 0 Å². The summed E-state index contributed by atoms with van der Waals surface area (Å²) in [6.45, 7) is 2.67. The highest BCUT2D eigenvalue weighted by atomic mass is 19.1. The summed E-state index contributed by atoms with van der Waals surface area (Å²) in [5, 5.41) is 6.65. The number of hydrogen-bond donors (Lipinski definition) is 2. The smallest absolute Gasteiger partial charge is 0.252 e. The number of nitrogens with one attached hydrogen (secondary N) is 2. The summed E-state index contributed by atoms with van der Waals surface area (Å²) in [5.74, 6) is -0.611. The first kappa shape index (κ1) is 21.0. The molecule has 1 aliphatic carbocycles. The Morgan fingerprint density at radius 1 is 1.00 bits per heavy atom. The second-order valence-corrected chi connectivity index (χ2v) is 8.05. The maximum atomic E-state index is 13.1. The van der Waals surface area contributed by atoms with Crippen molar-refractivity contribution in [1.29, 1.82) is 0 Å². The van der Waals surface area contributed by atoms with Crippen LogP contribution in [-0.4, -0.2) is 29.9 Å². The first-order valence-corrected chi connectivity index (χ1v) is 10.7. The molecule has 2 N–H and O–H groups in total. The Labute approximate surface area is 181 Å². The van der Waals surface area contributed by atoms with Gasteiger partial charge in [-0.3, -0.25) is 14.6 Å². The van der Waals surface area contributed by atoms with E-state index in [1.807, 2.05) is 25.1 Å². The predicted octanol–water partition coefficient (Wildman–Crippen LogP) is 3.65. The Kier molecular flexibility index (Phi) is 6.26. The number of fused-ring (bicyclic) bond motifs is 2. The molecule has 4 rings (SSSR count). The molecule has 0 saturated heterocycles. The Hall–Kier alpha value is -3.28. The second-order valence-electron chi connectivity index (χ2n) is 8.05. The van der Waals surface area contributed by atoms with E-state index in [-0.39, 0.29) is 24.1 Å². The van der Waals surface area contributed by atoms with Crippen molar-refractivity contribution in [2.75, 3.05) is 13.1 Å². The van der Waals surface area contributed by atoms with E-state index in [0.29, 0.717) is 13.1 Å². The molecule has 6 heteroatoms. The van der Waals surface area contributed by atoms with Crippen LogP contribution in [0.5, 0.6) is 0 Å².